The van der Waals surface area contributed by atoms with Gasteiger partial charge >= 0.3 is 0 Å². The monoisotopic (exact) mass is 590 g/mol. The topological polar surface area (TPSA) is 9.86 Å². The Bertz CT molecular complexity index is 2740. The summed E-state index contributed by atoms with van der Waals surface area (Å²) in [4.78, 5) is 0. The number of aromatic nitrogens is 2. The van der Waals surface area contributed by atoms with Crippen LogP contribution in [0.5, 0.6) is 0 Å². The highest BCUT2D eigenvalue weighted by Crippen LogP contribution is 2.46. The van der Waals surface area contributed by atoms with Gasteiger partial charge < -0.3 is 9.13 Å². The molecule has 0 amide bonds. The molecule has 0 aliphatic heterocycles. The van der Waals surface area contributed by atoms with Gasteiger partial charge in [0.05, 0.1) is 22.1 Å². The number of thiophene rings is 1. The zero-order valence-electron chi connectivity index (χ0n) is 24.3. The van der Waals surface area contributed by atoms with Crippen molar-refractivity contribution in [1.29, 1.82) is 0 Å². The molecule has 0 N–H and O–H groups in total. The summed E-state index contributed by atoms with van der Waals surface area (Å²) in [5.74, 6) is 0. The molecule has 0 aliphatic rings. The van der Waals surface area contributed by atoms with E-state index in [0.29, 0.717) is 0 Å². The lowest BCUT2D eigenvalue weighted by atomic mass is 10.0. The lowest BCUT2D eigenvalue weighted by Gasteiger charge is -2.11. The fourth-order valence-electron chi connectivity index (χ4n) is 7.40. The smallest absolute Gasteiger partial charge is 0.0641 e. The summed E-state index contributed by atoms with van der Waals surface area (Å²) in [6.07, 6.45) is 0. The van der Waals surface area contributed by atoms with Crippen LogP contribution in [-0.4, -0.2) is 9.13 Å². The molecule has 45 heavy (non-hydrogen) atoms. The molecule has 0 spiro atoms. The fourth-order valence-corrected chi connectivity index (χ4v) is 8.66. The summed E-state index contributed by atoms with van der Waals surface area (Å²) < 4.78 is 7.62. The van der Waals surface area contributed by atoms with Gasteiger partial charge in [0.25, 0.3) is 0 Å². The molecular weight excluding hydrogens is 565 g/mol. The Morgan fingerprint density at radius 2 is 1.02 bits per heavy atom. The summed E-state index contributed by atoms with van der Waals surface area (Å²) in [7, 11) is 0. The van der Waals surface area contributed by atoms with E-state index in [9.17, 15) is 0 Å². The number of rotatable bonds is 3. The van der Waals surface area contributed by atoms with Crippen LogP contribution < -0.4 is 0 Å². The molecule has 0 atom stereocenters. The van der Waals surface area contributed by atoms with Crippen molar-refractivity contribution in [1.82, 2.24) is 9.13 Å². The highest BCUT2D eigenvalue weighted by molar-refractivity contribution is 7.26. The zero-order chi connectivity index (χ0) is 29.5. The Morgan fingerprint density at radius 3 is 1.87 bits per heavy atom. The van der Waals surface area contributed by atoms with Gasteiger partial charge in [0.15, 0.2) is 0 Å². The number of fused-ring (bicyclic) bond motifs is 11. The minimum atomic E-state index is 1.16. The minimum Gasteiger partial charge on any atom is -0.309 e. The van der Waals surface area contributed by atoms with E-state index in [1.807, 2.05) is 11.3 Å². The molecule has 3 heteroatoms. The molecule has 210 valence electrons. The third-order valence-electron chi connectivity index (χ3n) is 9.30. The highest BCUT2D eigenvalue weighted by atomic mass is 32.1. The Hall–Kier alpha value is -5.64. The molecule has 2 nitrogen and oxygen atoms in total. The van der Waals surface area contributed by atoms with Crippen LogP contribution in [0.1, 0.15) is 0 Å². The van der Waals surface area contributed by atoms with Gasteiger partial charge in [-0.3, -0.25) is 0 Å². The first-order chi connectivity index (χ1) is 22.3. The van der Waals surface area contributed by atoms with Gasteiger partial charge in [-0.25, -0.2) is 0 Å². The molecular formula is C42H26N2S. The van der Waals surface area contributed by atoms with Crippen LogP contribution in [0, 0.1) is 0 Å². The van der Waals surface area contributed by atoms with Crippen LogP contribution in [0.25, 0.3) is 86.3 Å². The van der Waals surface area contributed by atoms with Gasteiger partial charge in [-0.05, 0) is 59.7 Å². The molecule has 0 saturated carbocycles. The predicted molar refractivity (Wildman–Crippen MR) is 193 cm³/mol. The molecule has 10 rings (SSSR count). The number of benzene rings is 7. The lowest BCUT2D eigenvalue weighted by molar-refractivity contribution is 1.17. The van der Waals surface area contributed by atoms with Crippen molar-refractivity contribution in [2.24, 2.45) is 0 Å². The number of nitrogens with zero attached hydrogens (tertiary/aromatic N) is 2. The van der Waals surface area contributed by atoms with Crippen LogP contribution in [0.15, 0.2) is 158 Å². The highest BCUT2D eigenvalue weighted by Gasteiger charge is 2.23. The maximum Gasteiger partial charge on any atom is 0.0641 e. The summed E-state index contributed by atoms with van der Waals surface area (Å²) in [6, 6.07) is 57.5. The third kappa shape index (κ3) is 3.50. The molecule has 0 radical (unpaired) electrons. The van der Waals surface area contributed by atoms with E-state index in [2.05, 4.69) is 167 Å². The lowest BCUT2D eigenvalue weighted by Crippen LogP contribution is -1.95. The van der Waals surface area contributed by atoms with E-state index >= 15 is 0 Å². The van der Waals surface area contributed by atoms with E-state index in [0.717, 1.165) is 5.69 Å². The number of hydrogen-bond acceptors (Lipinski definition) is 1. The van der Waals surface area contributed by atoms with Crippen LogP contribution >= 0.6 is 11.3 Å². The Kier molecular flexibility index (Phi) is 5.19. The van der Waals surface area contributed by atoms with Crippen LogP contribution in [0.2, 0.25) is 0 Å². The van der Waals surface area contributed by atoms with Crippen LogP contribution in [0.4, 0.5) is 0 Å². The van der Waals surface area contributed by atoms with Crippen molar-refractivity contribution in [3.8, 4) is 22.5 Å². The van der Waals surface area contributed by atoms with E-state index in [4.69, 9.17) is 0 Å². The Morgan fingerprint density at radius 1 is 0.378 bits per heavy atom. The van der Waals surface area contributed by atoms with Crippen molar-refractivity contribution in [2.75, 3.05) is 0 Å². The maximum absolute atomic E-state index is 2.49. The van der Waals surface area contributed by atoms with Crippen molar-refractivity contribution >= 4 is 75.1 Å². The van der Waals surface area contributed by atoms with Gasteiger partial charge in [-0.1, -0.05) is 109 Å². The molecule has 7 aromatic carbocycles. The molecule has 0 aliphatic carbocycles. The van der Waals surface area contributed by atoms with E-state index in [-0.39, 0.29) is 0 Å². The standard InChI is InChI=1S/C42H26N2S/c1-3-12-27(13-4-1)28-14-11-17-30(26-28)43-35-20-9-7-19-33(35)39-36(43)25-23-34-40-37(44(41(34)39)29-15-5-2-6-16-29)24-22-32-31-18-8-10-21-38(31)45-42(32)40/h1-26H. The van der Waals surface area contributed by atoms with Crippen LogP contribution in [-0.2, 0) is 0 Å². The van der Waals surface area contributed by atoms with Crippen LogP contribution in [0.3, 0.4) is 0 Å². The average Bonchev–Trinajstić information content (AvgIpc) is 3.76. The molecule has 10 aromatic rings. The third-order valence-corrected chi connectivity index (χ3v) is 10.5. The summed E-state index contributed by atoms with van der Waals surface area (Å²) in [5.41, 5.74) is 9.69. The fraction of sp³-hybridized carbons (Fsp3) is 0. The summed E-state index contributed by atoms with van der Waals surface area (Å²) in [5, 5.41) is 7.82. The molecule has 3 heterocycles. The second-order valence-corrected chi connectivity index (χ2v) is 12.8. The van der Waals surface area contributed by atoms with E-state index in [1.165, 1.54) is 80.6 Å². The largest absolute Gasteiger partial charge is 0.309 e. The first kappa shape index (κ1) is 24.8. The normalized spacial score (nSPS) is 12.0. The number of hydrogen-bond donors (Lipinski definition) is 0. The first-order valence-corrected chi connectivity index (χ1v) is 16.2. The van der Waals surface area contributed by atoms with Gasteiger partial charge in [-0.2, -0.15) is 0 Å². The quantitative estimate of drug-likeness (QED) is 0.194. The van der Waals surface area contributed by atoms with Crippen molar-refractivity contribution in [3.63, 3.8) is 0 Å². The zero-order valence-corrected chi connectivity index (χ0v) is 25.1. The second-order valence-electron chi connectivity index (χ2n) is 11.7. The maximum atomic E-state index is 2.49. The summed E-state index contributed by atoms with van der Waals surface area (Å²) in [6.45, 7) is 0. The SMILES string of the molecule is c1ccc(-c2cccc(-n3c4ccccc4c4c3ccc3c5c6sc7ccccc7c6ccc5n(-c5ccccc5)c34)c2)cc1. The van der Waals surface area contributed by atoms with E-state index in [1.54, 1.807) is 0 Å². The number of para-hydroxylation sites is 2. The molecule has 3 aromatic heterocycles. The molecule has 0 unspecified atom stereocenters. The van der Waals surface area contributed by atoms with Crippen molar-refractivity contribution in [2.45, 2.75) is 0 Å². The molecule has 0 saturated heterocycles. The average molecular weight is 591 g/mol. The molecule has 0 fully saturated rings. The van der Waals surface area contributed by atoms with Gasteiger partial charge in [0.1, 0.15) is 0 Å². The van der Waals surface area contributed by atoms with Crippen molar-refractivity contribution in [3.05, 3.63) is 158 Å². The van der Waals surface area contributed by atoms with Crippen molar-refractivity contribution < 1.29 is 0 Å². The van der Waals surface area contributed by atoms with Gasteiger partial charge in [-0.15, -0.1) is 11.3 Å². The van der Waals surface area contributed by atoms with Gasteiger partial charge in [0, 0.05) is 53.1 Å². The first-order valence-electron chi connectivity index (χ1n) is 15.4. The molecule has 0 bridgehead atoms. The predicted octanol–water partition coefficient (Wildman–Crippen LogP) is 11.9. The second kappa shape index (κ2) is 9.43. The Balaban J connectivity index is 1.39. The van der Waals surface area contributed by atoms with E-state index < -0.39 is 0 Å². The minimum absolute atomic E-state index is 1.16. The summed E-state index contributed by atoms with van der Waals surface area (Å²) >= 11 is 1.91. The van der Waals surface area contributed by atoms with Gasteiger partial charge in [0.2, 0.25) is 0 Å². The Labute approximate surface area is 263 Å².